The minimum absolute atomic E-state index is 0.0309. The van der Waals surface area contributed by atoms with E-state index in [1.807, 2.05) is 0 Å². The van der Waals surface area contributed by atoms with Crippen molar-refractivity contribution in [2.24, 2.45) is 0 Å². The molecule has 1 aromatic carbocycles. The van der Waals surface area contributed by atoms with E-state index in [4.69, 9.17) is 14.6 Å². The zero-order valence-corrected chi connectivity index (χ0v) is 13.4. The van der Waals surface area contributed by atoms with Crippen molar-refractivity contribution in [3.63, 3.8) is 0 Å². The van der Waals surface area contributed by atoms with E-state index in [1.54, 1.807) is 12.1 Å². The van der Waals surface area contributed by atoms with Crippen LogP contribution in [0, 0.1) is 0 Å². The highest BCUT2D eigenvalue weighted by molar-refractivity contribution is 5.87. The molecule has 4 N–H and O–H groups in total. The zero-order valence-electron chi connectivity index (χ0n) is 13.4. The number of methoxy groups -OCH3 is 1. The highest BCUT2D eigenvalue weighted by Gasteiger charge is 2.35. The molecule has 2 rings (SSSR count). The molecule has 8 nitrogen and oxygen atoms in total. The zero-order chi connectivity index (χ0) is 17.5. The number of aliphatic hydroxyl groups excluding tert-OH is 1. The summed E-state index contributed by atoms with van der Waals surface area (Å²) in [6.07, 6.45) is -1.22. The van der Waals surface area contributed by atoms with Crippen LogP contribution in [0.15, 0.2) is 24.3 Å². The molecular weight excluding hydrogens is 316 g/mol. The Hall–Kier alpha value is -2.00. The molecule has 132 valence electrons. The summed E-state index contributed by atoms with van der Waals surface area (Å²) in [6.45, 7) is 0.999. The van der Waals surface area contributed by atoms with Crippen molar-refractivity contribution in [1.29, 1.82) is 0 Å². The van der Waals surface area contributed by atoms with E-state index in [9.17, 15) is 14.7 Å². The lowest BCUT2D eigenvalue weighted by molar-refractivity contribution is -0.125. The Bertz CT molecular complexity index is 562. The molecule has 1 aromatic rings. The molecule has 0 bridgehead atoms. The van der Waals surface area contributed by atoms with Crippen LogP contribution in [-0.2, 0) is 20.8 Å². The molecule has 0 aromatic heterocycles. The summed E-state index contributed by atoms with van der Waals surface area (Å²) in [5.74, 6) is -1.23. The van der Waals surface area contributed by atoms with E-state index < -0.39 is 18.2 Å². The van der Waals surface area contributed by atoms with E-state index >= 15 is 0 Å². The van der Waals surface area contributed by atoms with Gasteiger partial charge in [-0.05, 0) is 17.7 Å². The second-order valence-corrected chi connectivity index (χ2v) is 5.59. The molecule has 0 radical (unpaired) electrons. The van der Waals surface area contributed by atoms with Gasteiger partial charge in [-0.2, -0.15) is 0 Å². The topological polar surface area (TPSA) is 117 Å². The molecule has 0 spiro atoms. The van der Waals surface area contributed by atoms with Crippen molar-refractivity contribution >= 4 is 11.9 Å². The maximum atomic E-state index is 11.3. The molecule has 1 amide bonds. The van der Waals surface area contributed by atoms with Crippen molar-refractivity contribution in [2.45, 2.75) is 24.8 Å². The van der Waals surface area contributed by atoms with Crippen LogP contribution in [0.1, 0.15) is 15.9 Å². The van der Waals surface area contributed by atoms with Gasteiger partial charge in [-0.25, -0.2) is 4.79 Å². The van der Waals surface area contributed by atoms with Crippen LogP contribution in [0.25, 0.3) is 0 Å². The first-order valence-electron chi connectivity index (χ1n) is 7.62. The third-order valence-corrected chi connectivity index (χ3v) is 3.83. The molecule has 24 heavy (non-hydrogen) atoms. The molecule has 3 atom stereocenters. The van der Waals surface area contributed by atoms with E-state index in [0.29, 0.717) is 13.2 Å². The number of amides is 1. The molecule has 0 aliphatic carbocycles. The Morgan fingerprint density at radius 1 is 1.33 bits per heavy atom. The van der Waals surface area contributed by atoms with Crippen LogP contribution in [-0.4, -0.2) is 67.2 Å². The van der Waals surface area contributed by atoms with Crippen molar-refractivity contribution in [3.05, 3.63) is 35.4 Å². The summed E-state index contributed by atoms with van der Waals surface area (Å²) in [5, 5.41) is 24.9. The predicted octanol–water partition coefficient (Wildman–Crippen LogP) is -0.635. The molecule has 8 heteroatoms. The lowest BCUT2D eigenvalue weighted by atomic mass is 10.1. The summed E-state index contributed by atoms with van der Waals surface area (Å²) in [4.78, 5) is 22.1. The Kier molecular flexibility index (Phi) is 6.68. The Morgan fingerprint density at radius 2 is 2.04 bits per heavy atom. The maximum Gasteiger partial charge on any atom is 0.335 e. The Labute approximate surface area is 139 Å². The van der Waals surface area contributed by atoms with Crippen LogP contribution >= 0.6 is 0 Å². The number of carbonyl (C=O) groups excluding carboxylic acids is 1. The lowest BCUT2D eigenvalue weighted by Crippen LogP contribution is -2.45. The number of benzene rings is 1. The fraction of sp³-hybridized carbons (Fsp3) is 0.500. The minimum atomic E-state index is -0.965. The third-order valence-electron chi connectivity index (χ3n) is 3.83. The van der Waals surface area contributed by atoms with Gasteiger partial charge in [-0.3, -0.25) is 4.79 Å². The summed E-state index contributed by atoms with van der Waals surface area (Å²) in [7, 11) is 1.43. The average Bonchev–Trinajstić information content (AvgIpc) is 2.92. The van der Waals surface area contributed by atoms with E-state index in [-0.39, 0.29) is 30.7 Å². The SMILES string of the molecule is COCC(=O)NCC1OCC(NCc2ccc(C(=O)O)cc2)C1O. The van der Waals surface area contributed by atoms with Gasteiger partial charge in [-0.15, -0.1) is 0 Å². The van der Waals surface area contributed by atoms with E-state index in [2.05, 4.69) is 10.6 Å². The summed E-state index contributed by atoms with van der Waals surface area (Å²) >= 11 is 0. The molecule has 1 fully saturated rings. The van der Waals surface area contributed by atoms with E-state index in [0.717, 1.165) is 5.56 Å². The molecule has 1 aliphatic rings. The first-order valence-corrected chi connectivity index (χ1v) is 7.62. The monoisotopic (exact) mass is 338 g/mol. The van der Waals surface area contributed by atoms with Gasteiger partial charge >= 0.3 is 5.97 Å². The molecule has 0 saturated carbocycles. The van der Waals surface area contributed by atoms with Crippen molar-refractivity contribution < 1.29 is 29.3 Å². The number of aliphatic hydroxyl groups is 1. The first-order chi connectivity index (χ1) is 11.5. The fourth-order valence-corrected chi connectivity index (χ4v) is 2.45. The van der Waals surface area contributed by atoms with Crippen molar-refractivity contribution in [1.82, 2.24) is 10.6 Å². The Morgan fingerprint density at radius 3 is 2.67 bits per heavy atom. The quantitative estimate of drug-likeness (QED) is 0.498. The van der Waals surface area contributed by atoms with Crippen LogP contribution in [0.5, 0.6) is 0 Å². The van der Waals surface area contributed by atoms with Crippen LogP contribution < -0.4 is 10.6 Å². The largest absolute Gasteiger partial charge is 0.478 e. The lowest BCUT2D eigenvalue weighted by Gasteiger charge is -2.19. The number of hydrogen-bond acceptors (Lipinski definition) is 6. The summed E-state index contributed by atoms with van der Waals surface area (Å²) < 4.78 is 10.2. The Balaban J connectivity index is 1.77. The fourth-order valence-electron chi connectivity index (χ4n) is 2.45. The molecule has 1 saturated heterocycles. The number of ether oxygens (including phenoxy) is 2. The van der Waals surface area contributed by atoms with Crippen LogP contribution in [0.3, 0.4) is 0 Å². The average molecular weight is 338 g/mol. The third kappa shape index (κ3) is 5.00. The first kappa shape index (κ1) is 18.3. The van der Waals surface area contributed by atoms with Crippen LogP contribution in [0.2, 0.25) is 0 Å². The van der Waals surface area contributed by atoms with Gasteiger partial charge in [0, 0.05) is 20.2 Å². The van der Waals surface area contributed by atoms with Gasteiger partial charge in [0.2, 0.25) is 5.91 Å². The summed E-state index contributed by atoms with van der Waals surface area (Å²) in [6, 6.07) is 6.26. The van der Waals surface area contributed by atoms with Crippen molar-refractivity contribution in [2.75, 3.05) is 26.9 Å². The van der Waals surface area contributed by atoms with Gasteiger partial charge in [0.1, 0.15) is 12.7 Å². The van der Waals surface area contributed by atoms with Gasteiger partial charge in [0.05, 0.1) is 24.3 Å². The number of rotatable bonds is 8. The maximum absolute atomic E-state index is 11.3. The molecule has 3 unspecified atom stereocenters. The number of carboxylic acids is 1. The second-order valence-electron chi connectivity index (χ2n) is 5.59. The normalized spacial score (nSPS) is 23.2. The number of nitrogens with one attached hydrogen (secondary N) is 2. The molecule has 1 aliphatic heterocycles. The van der Waals surface area contributed by atoms with E-state index in [1.165, 1.54) is 19.2 Å². The number of carbonyl (C=O) groups is 2. The van der Waals surface area contributed by atoms with Gasteiger partial charge in [0.25, 0.3) is 0 Å². The predicted molar refractivity (Wildman–Crippen MR) is 84.7 cm³/mol. The highest BCUT2D eigenvalue weighted by atomic mass is 16.5. The summed E-state index contributed by atoms with van der Waals surface area (Å²) in [5.41, 5.74) is 1.14. The number of hydrogen-bond donors (Lipinski definition) is 4. The van der Waals surface area contributed by atoms with Gasteiger partial charge in [-0.1, -0.05) is 12.1 Å². The molecule has 1 heterocycles. The second kappa shape index (κ2) is 8.74. The van der Waals surface area contributed by atoms with Crippen LogP contribution in [0.4, 0.5) is 0 Å². The molecular formula is C16H22N2O6. The van der Waals surface area contributed by atoms with Crippen molar-refractivity contribution in [3.8, 4) is 0 Å². The smallest absolute Gasteiger partial charge is 0.335 e. The van der Waals surface area contributed by atoms with Gasteiger partial charge < -0.3 is 30.3 Å². The standard InChI is InChI=1S/C16H22N2O6/c1-23-9-14(19)18-7-13-15(20)12(8-24-13)17-6-10-2-4-11(5-3-10)16(21)22/h2-5,12-13,15,17,20H,6-9H2,1H3,(H,18,19)(H,21,22). The number of carboxylic acid groups (broad SMARTS) is 1. The number of aromatic carboxylic acids is 1. The highest BCUT2D eigenvalue weighted by Crippen LogP contribution is 2.15. The van der Waals surface area contributed by atoms with Gasteiger partial charge in [0.15, 0.2) is 0 Å². The minimum Gasteiger partial charge on any atom is -0.478 e.